The first-order chi connectivity index (χ1) is 16.3. The van der Waals surface area contributed by atoms with Crippen molar-refractivity contribution >= 4 is 37.2 Å². The summed E-state index contributed by atoms with van der Waals surface area (Å²) < 4.78 is 1.56. The first-order valence-corrected chi connectivity index (χ1v) is 16.2. The van der Waals surface area contributed by atoms with Gasteiger partial charge >= 0.3 is 183 Å². The summed E-state index contributed by atoms with van der Waals surface area (Å²) in [7, 11) is 0. The van der Waals surface area contributed by atoms with Crippen LogP contribution in [0.1, 0.15) is 76.3 Å². The Hall–Kier alpha value is -1.38. The quantitative estimate of drug-likeness (QED) is 0.117. The number of unbranched alkanes of at least 4 members (excludes halogenated alkanes) is 6. The fraction of sp³-hybridized carbons (Fsp3) is 0.400. The van der Waals surface area contributed by atoms with Crippen molar-refractivity contribution < 1.29 is 0 Å². The molecule has 1 aromatic carbocycles. The Labute approximate surface area is 214 Å². The van der Waals surface area contributed by atoms with E-state index in [1.54, 1.807) is 14.9 Å². The maximum atomic E-state index is 2.48. The summed E-state index contributed by atoms with van der Waals surface area (Å²) in [4.78, 5) is 6.71. The van der Waals surface area contributed by atoms with Gasteiger partial charge in [0.05, 0.1) is 0 Å². The molecule has 33 heavy (non-hydrogen) atoms. The van der Waals surface area contributed by atoms with E-state index in [1.165, 1.54) is 90.7 Å². The Morgan fingerprint density at radius 2 is 1.42 bits per heavy atom. The molecular formula is C30H36S2Se. The van der Waals surface area contributed by atoms with E-state index in [-0.39, 0.29) is 0 Å². The summed E-state index contributed by atoms with van der Waals surface area (Å²) in [6.45, 7) is 4.57. The number of hydrogen-bond donors (Lipinski definition) is 0. The van der Waals surface area contributed by atoms with Gasteiger partial charge in [-0.3, -0.25) is 0 Å². The summed E-state index contributed by atoms with van der Waals surface area (Å²) in [5.74, 6) is 0. The van der Waals surface area contributed by atoms with Crippen molar-refractivity contribution in [3.05, 3.63) is 70.0 Å². The van der Waals surface area contributed by atoms with Crippen LogP contribution in [0.3, 0.4) is 0 Å². The standard InChI is InChI=1S/C30H36S2Se/c1-3-5-7-9-12-23-20-27(31-22-23)24-15-17-25(18-16-24)28-21-26(13-10-8-6-4-2)30(32-28)29-14-11-19-33-29/h11,14-22H,3-10,12-13H2,1-2H3. The van der Waals surface area contributed by atoms with Crippen molar-refractivity contribution in [1.82, 2.24) is 0 Å². The topological polar surface area (TPSA) is 0 Å². The molecule has 0 bridgehead atoms. The van der Waals surface area contributed by atoms with Gasteiger partial charge < -0.3 is 0 Å². The zero-order chi connectivity index (χ0) is 22.9. The molecule has 0 radical (unpaired) electrons. The fourth-order valence-electron chi connectivity index (χ4n) is 4.33. The van der Waals surface area contributed by atoms with E-state index in [1.807, 2.05) is 22.7 Å². The number of thiophene rings is 2. The van der Waals surface area contributed by atoms with Gasteiger partial charge in [-0.2, -0.15) is 0 Å². The molecule has 4 rings (SSSR count). The molecule has 174 valence electrons. The monoisotopic (exact) mass is 540 g/mol. The molecule has 0 fully saturated rings. The van der Waals surface area contributed by atoms with Crippen LogP contribution in [0, 0.1) is 0 Å². The van der Waals surface area contributed by atoms with E-state index in [4.69, 9.17) is 0 Å². The van der Waals surface area contributed by atoms with Crippen LogP contribution in [0.2, 0.25) is 0 Å². The van der Waals surface area contributed by atoms with Crippen molar-refractivity contribution in [2.45, 2.75) is 78.1 Å². The van der Waals surface area contributed by atoms with E-state index in [0.717, 1.165) is 0 Å². The van der Waals surface area contributed by atoms with Crippen LogP contribution in [0.25, 0.3) is 30.2 Å². The average Bonchev–Trinajstić information content (AvgIpc) is 3.60. The van der Waals surface area contributed by atoms with Crippen LogP contribution in [0.4, 0.5) is 0 Å². The molecule has 0 unspecified atom stereocenters. The summed E-state index contributed by atoms with van der Waals surface area (Å²) in [5, 5.41) is 2.36. The molecule has 0 saturated heterocycles. The molecule has 3 aromatic heterocycles. The molecule has 3 heteroatoms. The Kier molecular flexibility index (Phi) is 9.67. The predicted molar refractivity (Wildman–Crippen MR) is 151 cm³/mol. The minimum atomic E-state index is 0.498. The third kappa shape index (κ3) is 6.82. The predicted octanol–water partition coefficient (Wildman–Crippen LogP) is 10.1. The van der Waals surface area contributed by atoms with Crippen molar-refractivity contribution in [3.63, 3.8) is 0 Å². The van der Waals surface area contributed by atoms with Crippen LogP contribution in [0.5, 0.6) is 0 Å². The van der Waals surface area contributed by atoms with Crippen LogP contribution < -0.4 is 0 Å². The Bertz CT molecular complexity index is 1080. The molecule has 0 atom stereocenters. The Morgan fingerprint density at radius 1 is 0.727 bits per heavy atom. The molecule has 0 saturated carbocycles. The van der Waals surface area contributed by atoms with Crippen LogP contribution in [-0.2, 0) is 12.8 Å². The zero-order valence-corrected chi connectivity index (χ0v) is 23.4. The molecule has 0 aliphatic carbocycles. The molecule has 0 aliphatic rings. The summed E-state index contributed by atoms with van der Waals surface area (Å²) >= 11 is 4.39. The van der Waals surface area contributed by atoms with E-state index in [2.05, 4.69) is 72.7 Å². The van der Waals surface area contributed by atoms with Gasteiger partial charge in [0.2, 0.25) is 0 Å². The zero-order valence-electron chi connectivity index (χ0n) is 20.1. The van der Waals surface area contributed by atoms with E-state index in [0.29, 0.717) is 14.5 Å². The fourth-order valence-corrected chi connectivity index (χ4v) is 8.40. The second-order valence-electron chi connectivity index (χ2n) is 8.96. The van der Waals surface area contributed by atoms with E-state index in [9.17, 15) is 0 Å². The summed E-state index contributed by atoms with van der Waals surface area (Å²) in [6.07, 6.45) is 13.1. The molecule has 0 nitrogen and oxygen atoms in total. The van der Waals surface area contributed by atoms with Gasteiger partial charge in [0.25, 0.3) is 0 Å². The number of benzene rings is 1. The van der Waals surface area contributed by atoms with Gasteiger partial charge in [0, 0.05) is 0 Å². The summed E-state index contributed by atoms with van der Waals surface area (Å²) in [5.41, 5.74) is 5.79. The molecule has 0 aliphatic heterocycles. The second kappa shape index (κ2) is 12.9. The maximum absolute atomic E-state index is 2.48. The number of hydrogen-bond acceptors (Lipinski definition) is 2. The third-order valence-corrected chi connectivity index (χ3v) is 10.7. The molecule has 3 heterocycles. The van der Waals surface area contributed by atoms with Crippen molar-refractivity contribution in [2.75, 3.05) is 0 Å². The van der Waals surface area contributed by atoms with Crippen molar-refractivity contribution in [3.8, 4) is 30.2 Å². The molecule has 4 aromatic rings. The van der Waals surface area contributed by atoms with Crippen LogP contribution >= 0.6 is 22.7 Å². The first-order valence-electron chi connectivity index (χ1n) is 12.6. The molecule has 0 amide bonds. The Morgan fingerprint density at radius 3 is 2.09 bits per heavy atom. The average molecular weight is 540 g/mol. The van der Waals surface area contributed by atoms with Gasteiger partial charge in [-0.15, -0.1) is 0 Å². The number of rotatable bonds is 13. The molecular weight excluding hydrogens is 503 g/mol. The summed E-state index contributed by atoms with van der Waals surface area (Å²) in [6, 6.07) is 18.8. The van der Waals surface area contributed by atoms with Crippen molar-refractivity contribution in [1.29, 1.82) is 0 Å². The molecule has 0 N–H and O–H groups in total. The Balaban J connectivity index is 1.47. The normalized spacial score (nSPS) is 11.3. The molecule has 0 spiro atoms. The van der Waals surface area contributed by atoms with Crippen LogP contribution in [0.15, 0.2) is 58.9 Å². The van der Waals surface area contributed by atoms with Gasteiger partial charge in [-0.25, -0.2) is 0 Å². The van der Waals surface area contributed by atoms with Gasteiger partial charge in [-0.05, 0) is 6.42 Å². The van der Waals surface area contributed by atoms with Gasteiger partial charge in [-0.1, -0.05) is 26.2 Å². The van der Waals surface area contributed by atoms with Crippen LogP contribution in [-0.4, -0.2) is 14.5 Å². The second-order valence-corrected chi connectivity index (χ2v) is 12.9. The number of aryl methyl sites for hydroxylation is 2. The minimum absolute atomic E-state index is 0.498. The first kappa shape index (κ1) is 24.7. The third-order valence-electron chi connectivity index (χ3n) is 6.28. The van der Waals surface area contributed by atoms with E-state index < -0.39 is 0 Å². The SMILES string of the molecule is CCCCCCc1csc(-c2ccc(-c3cc(CCCCCC)c(-c4ccc[se]4)s3)cc2)c1. The van der Waals surface area contributed by atoms with Gasteiger partial charge in [0.1, 0.15) is 0 Å². The van der Waals surface area contributed by atoms with E-state index >= 15 is 0 Å². The van der Waals surface area contributed by atoms with Crippen molar-refractivity contribution in [2.24, 2.45) is 0 Å². The van der Waals surface area contributed by atoms with Gasteiger partial charge in [0.15, 0.2) is 0 Å².